The van der Waals surface area contributed by atoms with Gasteiger partial charge in [-0.3, -0.25) is 9.69 Å². The smallest absolute Gasteiger partial charge is 0.260 e. The molecule has 0 spiro atoms. The SMILES string of the molecule is CCCCCOc1cccc(C(=O)N(CCN(C)C)c2nc3cc4c(cc3s2)OCO4)c1.Cl. The lowest BCUT2D eigenvalue weighted by Gasteiger charge is -2.22. The van der Waals surface area contributed by atoms with E-state index in [1.807, 2.05) is 50.5 Å². The number of carbonyl (C=O) groups is 1. The Bertz CT molecular complexity index is 1050. The van der Waals surface area contributed by atoms with Gasteiger partial charge >= 0.3 is 0 Å². The van der Waals surface area contributed by atoms with Crippen LogP contribution in [0, 0.1) is 0 Å². The molecule has 33 heavy (non-hydrogen) atoms. The van der Waals surface area contributed by atoms with Gasteiger partial charge in [0.15, 0.2) is 16.6 Å². The van der Waals surface area contributed by atoms with Crippen molar-refractivity contribution in [3.63, 3.8) is 0 Å². The Morgan fingerprint density at radius 3 is 2.67 bits per heavy atom. The van der Waals surface area contributed by atoms with Crippen molar-refractivity contribution >= 4 is 45.0 Å². The van der Waals surface area contributed by atoms with E-state index in [4.69, 9.17) is 19.2 Å². The van der Waals surface area contributed by atoms with Crippen LogP contribution in [0.2, 0.25) is 0 Å². The van der Waals surface area contributed by atoms with Crippen molar-refractivity contribution in [3.8, 4) is 17.2 Å². The number of carbonyl (C=O) groups excluding carboxylic acids is 1. The quantitative estimate of drug-likeness (QED) is 0.362. The van der Waals surface area contributed by atoms with E-state index in [0.717, 1.165) is 41.8 Å². The van der Waals surface area contributed by atoms with Gasteiger partial charge in [-0.1, -0.05) is 37.2 Å². The number of likely N-dealkylation sites (N-methyl/N-ethyl adjacent to an activating group) is 1. The molecule has 0 saturated heterocycles. The van der Waals surface area contributed by atoms with Gasteiger partial charge in [-0.15, -0.1) is 12.4 Å². The number of hydrogen-bond donors (Lipinski definition) is 0. The number of rotatable bonds is 10. The Hall–Kier alpha value is -2.55. The van der Waals surface area contributed by atoms with E-state index in [2.05, 4.69) is 11.8 Å². The van der Waals surface area contributed by atoms with Crippen molar-refractivity contribution in [2.24, 2.45) is 0 Å². The average molecular weight is 492 g/mol. The predicted octanol–water partition coefficient (Wildman–Crippen LogP) is 5.22. The van der Waals surface area contributed by atoms with Crippen molar-refractivity contribution in [2.75, 3.05) is 45.5 Å². The number of anilines is 1. The molecule has 1 aliphatic rings. The zero-order chi connectivity index (χ0) is 22.5. The summed E-state index contributed by atoms with van der Waals surface area (Å²) in [5.74, 6) is 2.03. The third-order valence-corrected chi connectivity index (χ3v) is 6.26. The van der Waals surface area contributed by atoms with Crippen molar-refractivity contribution in [2.45, 2.75) is 26.2 Å². The van der Waals surface area contributed by atoms with Crippen LogP contribution < -0.4 is 19.1 Å². The highest BCUT2D eigenvalue weighted by atomic mass is 35.5. The van der Waals surface area contributed by atoms with Crippen LogP contribution in [-0.2, 0) is 0 Å². The Morgan fingerprint density at radius 2 is 1.91 bits per heavy atom. The summed E-state index contributed by atoms with van der Waals surface area (Å²) in [6.07, 6.45) is 3.28. The van der Waals surface area contributed by atoms with Crippen molar-refractivity contribution in [3.05, 3.63) is 42.0 Å². The highest BCUT2D eigenvalue weighted by Gasteiger charge is 2.23. The molecule has 7 nitrogen and oxygen atoms in total. The topological polar surface area (TPSA) is 64.1 Å². The van der Waals surface area contributed by atoms with Crippen LogP contribution in [-0.4, -0.2) is 56.4 Å². The number of hydrogen-bond acceptors (Lipinski definition) is 7. The monoisotopic (exact) mass is 491 g/mol. The summed E-state index contributed by atoms with van der Waals surface area (Å²) in [5, 5.41) is 0.657. The normalized spacial score (nSPS) is 12.1. The number of halogens is 1. The van der Waals surface area contributed by atoms with Gasteiger partial charge in [0.05, 0.1) is 16.8 Å². The molecule has 0 saturated carbocycles. The highest BCUT2D eigenvalue weighted by molar-refractivity contribution is 7.22. The van der Waals surface area contributed by atoms with Crippen LogP contribution >= 0.6 is 23.7 Å². The second-order valence-corrected chi connectivity index (χ2v) is 9.02. The van der Waals surface area contributed by atoms with E-state index in [0.29, 0.717) is 35.3 Å². The first-order valence-corrected chi connectivity index (χ1v) is 11.8. The first-order valence-electron chi connectivity index (χ1n) is 10.9. The summed E-state index contributed by atoms with van der Waals surface area (Å²) in [5.41, 5.74) is 1.38. The maximum absolute atomic E-state index is 13.5. The van der Waals surface area contributed by atoms with Gasteiger partial charge in [0.2, 0.25) is 6.79 Å². The number of amides is 1. The fraction of sp³-hybridized carbons (Fsp3) is 0.417. The Morgan fingerprint density at radius 1 is 1.12 bits per heavy atom. The Balaban J connectivity index is 0.00000306. The largest absolute Gasteiger partial charge is 0.494 e. The minimum absolute atomic E-state index is 0. The van der Waals surface area contributed by atoms with E-state index >= 15 is 0 Å². The van der Waals surface area contributed by atoms with Gasteiger partial charge in [-0.25, -0.2) is 4.98 Å². The van der Waals surface area contributed by atoms with E-state index in [1.165, 1.54) is 11.3 Å². The molecular formula is C24H30ClN3O4S. The maximum atomic E-state index is 13.5. The van der Waals surface area contributed by atoms with Crippen LogP contribution in [0.3, 0.4) is 0 Å². The second kappa shape index (κ2) is 11.5. The molecule has 0 fully saturated rings. The summed E-state index contributed by atoms with van der Waals surface area (Å²) in [6, 6.07) is 11.2. The number of aromatic nitrogens is 1. The number of benzene rings is 2. The molecule has 0 bridgehead atoms. The molecular weight excluding hydrogens is 462 g/mol. The minimum atomic E-state index is -0.0926. The van der Waals surface area contributed by atoms with Gasteiger partial charge < -0.3 is 19.1 Å². The highest BCUT2D eigenvalue weighted by Crippen LogP contribution is 2.40. The molecule has 4 rings (SSSR count). The molecule has 178 valence electrons. The van der Waals surface area contributed by atoms with Crippen molar-refractivity contribution in [1.29, 1.82) is 0 Å². The molecule has 0 radical (unpaired) electrons. The lowest BCUT2D eigenvalue weighted by molar-refractivity contribution is 0.0984. The van der Waals surface area contributed by atoms with E-state index < -0.39 is 0 Å². The summed E-state index contributed by atoms with van der Waals surface area (Å²) in [7, 11) is 3.98. The average Bonchev–Trinajstić information content (AvgIpc) is 3.41. The fourth-order valence-corrected chi connectivity index (χ4v) is 4.42. The zero-order valence-electron chi connectivity index (χ0n) is 19.2. The standard InChI is InChI=1S/C24H29N3O4S.ClH/c1-4-5-6-12-29-18-9-7-8-17(13-18)23(28)27(11-10-26(2)3)24-25-19-14-20-21(31-16-30-20)15-22(19)32-24;/h7-9,13-15H,4-6,10-12,16H2,1-3H3;1H. The third kappa shape index (κ3) is 6.07. The summed E-state index contributed by atoms with van der Waals surface area (Å²) >= 11 is 1.48. The lowest BCUT2D eigenvalue weighted by atomic mass is 10.2. The molecule has 0 unspecified atom stereocenters. The molecule has 1 amide bonds. The van der Waals surface area contributed by atoms with Gasteiger partial charge in [0.1, 0.15) is 5.75 Å². The van der Waals surface area contributed by atoms with Gasteiger partial charge in [-0.05, 0) is 38.7 Å². The van der Waals surface area contributed by atoms with Gasteiger partial charge in [-0.2, -0.15) is 0 Å². The molecule has 0 atom stereocenters. The number of fused-ring (bicyclic) bond motifs is 2. The molecule has 9 heteroatoms. The molecule has 0 aliphatic carbocycles. The van der Waals surface area contributed by atoms with E-state index in [1.54, 1.807) is 4.90 Å². The first-order chi connectivity index (χ1) is 15.5. The number of unbranched alkanes of at least 4 members (excludes halogenated alkanes) is 2. The molecule has 0 N–H and O–H groups in total. The zero-order valence-corrected chi connectivity index (χ0v) is 20.8. The van der Waals surface area contributed by atoms with Crippen LogP contribution in [0.15, 0.2) is 36.4 Å². The van der Waals surface area contributed by atoms with Gasteiger partial charge in [0.25, 0.3) is 5.91 Å². The number of ether oxygens (including phenoxy) is 3. The van der Waals surface area contributed by atoms with Gasteiger partial charge in [0, 0.05) is 30.8 Å². The minimum Gasteiger partial charge on any atom is -0.494 e. The van der Waals surface area contributed by atoms with E-state index in [9.17, 15) is 4.79 Å². The summed E-state index contributed by atoms with van der Waals surface area (Å²) < 4.78 is 17.8. The molecule has 3 aromatic rings. The number of nitrogens with zero attached hydrogens (tertiary/aromatic N) is 3. The fourth-order valence-electron chi connectivity index (χ4n) is 3.42. The Kier molecular flexibility index (Phi) is 8.77. The van der Waals surface area contributed by atoms with E-state index in [-0.39, 0.29) is 25.1 Å². The third-order valence-electron chi connectivity index (χ3n) is 5.22. The maximum Gasteiger partial charge on any atom is 0.260 e. The summed E-state index contributed by atoms with van der Waals surface area (Å²) in [4.78, 5) is 22.1. The van der Waals surface area contributed by atoms with Crippen molar-refractivity contribution in [1.82, 2.24) is 9.88 Å². The summed E-state index contributed by atoms with van der Waals surface area (Å²) in [6.45, 7) is 4.29. The molecule has 1 aliphatic heterocycles. The van der Waals surface area contributed by atoms with Crippen LogP contribution in [0.5, 0.6) is 17.2 Å². The van der Waals surface area contributed by atoms with Crippen LogP contribution in [0.4, 0.5) is 5.13 Å². The van der Waals surface area contributed by atoms with Crippen molar-refractivity contribution < 1.29 is 19.0 Å². The second-order valence-electron chi connectivity index (χ2n) is 8.01. The number of thiazole rings is 1. The molecule has 2 heterocycles. The molecule has 2 aromatic carbocycles. The van der Waals surface area contributed by atoms with Crippen LogP contribution in [0.1, 0.15) is 36.5 Å². The lowest BCUT2D eigenvalue weighted by Crippen LogP contribution is -2.36. The predicted molar refractivity (Wildman–Crippen MR) is 135 cm³/mol. The van der Waals surface area contributed by atoms with Crippen LogP contribution in [0.25, 0.3) is 10.2 Å². The molecule has 1 aromatic heterocycles. The first kappa shape index (κ1) is 25.1. The Labute approximate surface area is 204 Å².